The van der Waals surface area contributed by atoms with Crippen LogP contribution >= 0.6 is 0 Å². The summed E-state index contributed by atoms with van der Waals surface area (Å²) >= 11 is 0. The number of fused-ring (bicyclic) bond motifs is 1. The highest BCUT2D eigenvalue weighted by molar-refractivity contribution is 5.97. The van der Waals surface area contributed by atoms with E-state index < -0.39 is 5.60 Å². The molecule has 0 fully saturated rings. The van der Waals surface area contributed by atoms with E-state index in [1.165, 1.54) is 0 Å². The molecule has 1 N–H and O–H groups in total. The lowest BCUT2D eigenvalue weighted by Crippen LogP contribution is -2.24. The largest absolute Gasteiger partial charge is 0.456 e. The summed E-state index contributed by atoms with van der Waals surface area (Å²) in [6.07, 6.45) is 3.59. The van der Waals surface area contributed by atoms with E-state index in [4.69, 9.17) is 9.72 Å². The molecule has 3 aromatic carbocycles. The molecule has 204 valence electrons. The highest BCUT2D eigenvalue weighted by atomic mass is 16.6. The Morgan fingerprint density at radius 1 is 0.974 bits per heavy atom. The molecule has 0 spiro atoms. The average Bonchev–Trinajstić information content (AvgIpc) is 3.26. The molecule has 0 unspecified atom stereocenters. The number of aromatic nitrogens is 2. The van der Waals surface area contributed by atoms with Gasteiger partial charge in [-0.3, -0.25) is 4.79 Å². The number of ether oxygens (including phenoxy) is 1. The number of carbonyl (C=O) groups is 2. The summed E-state index contributed by atoms with van der Waals surface area (Å²) in [7, 11) is 0. The van der Waals surface area contributed by atoms with E-state index in [-0.39, 0.29) is 11.8 Å². The normalized spacial score (nSPS) is 11.5. The van der Waals surface area contributed by atoms with Gasteiger partial charge in [-0.25, -0.2) is 9.78 Å². The predicted octanol–water partition coefficient (Wildman–Crippen LogP) is 7.44. The third-order valence-electron chi connectivity index (χ3n) is 6.62. The molecule has 39 heavy (non-hydrogen) atoms. The third kappa shape index (κ3) is 7.14. The zero-order chi connectivity index (χ0) is 28.0. The first kappa shape index (κ1) is 28.1. The topological polar surface area (TPSA) is 73.2 Å². The van der Waals surface area contributed by atoms with E-state index in [0.29, 0.717) is 25.1 Å². The maximum absolute atomic E-state index is 12.9. The van der Waals surface area contributed by atoms with Crippen LogP contribution < -0.4 is 5.32 Å². The zero-order valence-electron chi connectivity index (χ0n) is 23.7. The molecule has 0 aliphatic heterocycles. The number of hydrogen-bond donors (Lipinski definition) is 1. The number of benzene rings is 3. The van der Waals surface area contributed by atoms with Crippen molar-refractivity contribution >= 4 is 28.5 Å². The maximum Gasteiger partial charge on any atom is 0.339 e. The van der Waals surface area contributed by atoms with Gasteiger partial charge in [0.05, 0.1) is 23.1 Å². The third-order valence-corrected chi connectivity index (χ3v) is 6.62. The van der Waals surface area contributed by atoms with Crippen LogP contribution in [0.2, 0.25) is 0 Å². The summed E-state index contributed by atoms with van der Waals surface area (Å²) in [5.41, 5.74) is 5.89. The molecule has 0 radical (unpaired) electrons. The number of esters is 1. The number of rotatable bonds is 11. The lowest BCUT2D eigenvalue weighted by Gasteiger charge is -2.20. The summed E-state index contributed by atoms with van der Waals surface area (Å²) in [6.45, 7) is 10.7. The van der Waals surface area contributed by atoms with Crippen LogP contribution in [0.1, 0.15) is 75.6 Å². The molecule has 1 aromatic heterocycles. The van der Waals surface area contributed by atoms with Crippen molar-refractivity contribution in [3.63, 3.8) is 0 Å². The molecule has 4 aromatic rings. The average molecular weight is 526 g/mol. The fraction of sp³-hybridized carbons (Fsp3) is 0.364. The molecular formula is C33H39N3O3. The van der Waals surface area contributed by atoms with Crippen molar-refractivity contribution in [3.8, 4) is 11.1 Å². The van der Waals surface area contributed by atoms with Crippen molar-refractivity contribution in [1.82, 2.24) is 9.55 Å². The highest BCUT2D eigenvalue weighted by Gasteiger charge is 2.21. The Morgan fingerprint density at radius 3 is 2.41 bits per heavy atom. The van der Waals surface area contributed by atoms with E-state index >= 15 is 0 Å². The number of nitrogens with zero attached hydrogens (tertiary/aromatic N) is 2. The number of aryl methyl sites for hydroxylation is 1. The van der Waals surface area contributed by atoms with Gasteiger partial charge in [0.2, 0.25) is 0 Å². The minimum absolute atomic E-state index is 0.181. The van der Waals surface area contributed by atoms with Gasteiger partial charge in [0.1, 0.15) is 11.4 Å². The second-order valence-corrected chi connectivity index (χ2v) is 10.9. The van der Waals surface area contributed by atoms with Gasteiger partial charge in [0, 0.05) is 25.1 Å². The summed E-state index contributed by atoms with van der Waals surface area (Å²) < 4.78 is 7.92. The molecule has 0 saturated heterocycles. The van der Waals surface area contributed by atoms with Crippen molar-refractivity contribution < 1.29 is 14.3 Å². The number of Topliss-reactive ketones (excluding diaryl/α,β-unsaturated/α-hetero) is 1. The predicted molar refractivity (Wildman–Crippen MR) is 158 cm³/mol. The van der Waals surface area contributed by atoms with E-state index in [1.54, 1.807) is 0 Å². The van der Waals surface area contributed by atoms with E-state index in [0.717, 1.165) is 58.5 Å². The van der Waals surface area contributed by atoms with Gasteiger partial charge in [-0.1, -0.05) is 62.7 Å². The summed E-state index contributed by atoms with van der Waals surface area (Å²) in [5.74, 6) is 0.922. The number of imidazole rings is 1. The van der Waals surface area contributed by atoms with Crippen molar-refractivity contribution in [3.05, 3.63) is 83.7 Å². The van der Waals surface area contributed by atoms with Crippen LogP contribution in [-0.2, 0) is 22.5 Å². The first-order valence-corrected chi connectivity index (χ1v) is 13.8. The summed E-state index contributed by atoms with van der Waals surface area (Å²) in [5, 5.41) is 3.26. The van der Waals surface area contributed by atoms with E-state index in [9.17, 15) is 9.59 Å². The standard InChI is InChI=1S/C33H39N3O3/c1-6-8-13-31-35-29-19-18-25(34-21-26(37)7-2)20-30(29)36(31)22-23-14-16-24(17-15-23)27-11-9-10-12-28(27)32(38)39-33(3,4)5/h9-12,14-20,34H,6-8,13,21-22H2,1-5H3. The van der Waals surface area contributed by atoms with Gasteiger partial charge in [0.15, 0.2) is 5.78 Å². The van der Waals surface area contributed by atoms with Gasteiger partial charge in [-0.05, 0) is 68.1 Å². The smallest absolute Gasteiger partial charge is 0.339 e. The Kier molecular flexibility index (Phi) is 8.85. The Hall–Kier alpha value is -3.93. The molecule has 0 aliphatic rings. The maximum atomic E-state index is 12.9. The number of nitrogens with one attached hydrogen (secondary N) is 1. The fourth-order valence-corrected chi connectivity index (χ4v) is 4.53. The van der Waals surface area contributed by atoms with Gasteiger partial charge >= 0.3 is 5.97 Å². The number of anilines is 1. The second kappa shape index (κ2) is 12.3. The number of carbonyl (C=O) groups excluding carboxylic acids is 2. The van der Waals surface area contributed by atoms with Crippen LogP contribution in [0.5, 0.6) is 0 Å². The quantitative estimate of drug-likeness (QED) is 0.206. The zero-order valence-corrected chi connectivity index (χ0v) is 23.7. The summed E-state index contributed by atoms with van der Waals surface area (Å²) in [6, 6.07) is 22.0. The van der Waals surface area contributed by atoms with E-state index in [2.05, 4.69) is 47.1 Å². The number of ketones is 1. The molecule has 6 nitrogen and oxygen atoms in total. The minimum atomic E-state index is -0.558. The molecule has 0 aliphatic carbocycles. The number of unbranched alkanes of at least 4 members (excludes halogenated alkanes) is 1. The molecule has 4 rings (SSSR count). The second-order valence-electron chi connectivity index (χ2n) is 10.9. The molecule has 0 amide bonds. The van der Waals surface area contributed by atoms with Crippen LogP contribution in [0.3, 0.4) is 0 Å². The van der Waals surface area contributed by atoms with Gasteiger partial charge < -0.3 is 14.6 Å². The first-order valence-electron chi connectivity index (χ1n) is 13.8. The Bertz CT molecular complexity index is 1450. The SMILES string of the molecule is CCCCc1nc2ccc(NCC(=O)CC)cc2n1Cc1ccc(-c2ccccc2C(=O)OC(C)(C)C)cc1. The van der Waals surface area contributed by atoms with Crippen molar-refractivity contribution in [1.29, 1.82) is 0 Å². The van der Waals surface area contributed by atoms with Gasteiger partial charge in [0.25, 0.3) is 0 Å². The van der Waals surface area contributed by atoms with Crippen LogP contribution in [0.15, 0.2) is 66.7 Å². The van der Waals surface area contributed by atoms with Crippen molar-refractivity contribution in [2.24, 2.45) is 0 Å². The molecular weight excluding hydrogens is 486 g/mol. The van der Waals surface area contributed by atoms with Crippen LogP contribution in [0.25, 0.3) is 22.2 Å². The van der Waals surface area contributed by atoms with Gasteiger partial charge in [-0.2, -0.15) is 0 Å². The van der Waals surface area contributed by atoms with Crippen LogP contribution in [0.4, 0.5) is 5.69 Å². The molecule has 0 atom stereocenters. The van der Waals surface area contributed by atoms with Crippen LogP contribution in [0, 0.1) is 0 Å². The minimum Gasteiger partial charge on any atom is -0.456 e. The highest BCUT2D eigenvalue weighted by Crippen LogP contribution is 2.28. The fourth-order valence-electron chi connectivity index (χ4n) is 4.53. The van der Waals surface area contributed by atoms with Gasteiger partial charge in [-0.15, -0.1) is 0 Å². The Morgan fingerprint density at radius 2 is 1.72 bits per heavy atom. The van der Waals surface area contributed by atoms with Crippen LogP contribution in [-0.4, -0.2) is 33.4 Å². The first-order chi connectivity index (χ1) is 18.7. The summed E-state index contributed by atoms with van der Waals surface area (Å²) in [4.78, 5) is 29.6. The van der Waals surface area contributed by atoms with Crippen molar-refractivity contribution in [2.75, 3.05) is 11.9 Å². The lowest BCUT2D eigenvalue weighted by molar-refractivity contribution is -0.117. The monoisotopic (exact) mass is 525 g/mol. The molecule has 6 heteroatoms. The Balaban J connectivity index is 1.62. The molecule has 0 bridgehead atoms. The Labute approximate surface area is 231 Å². The lowest BCUT2D eigenvalue weighted by atomic mass is 9.98. The van der Waals surface area contributed by atoms with E-state index in [1.807, 2.05) is 64.1 Å². The number of hydrogen-bond acceptors (Lipinski definition) is 5. The molecule has 1 heterocycles. The van der Waals surface area contributed by atoms with Crippen molar-refractivity contribution in [2.45, 2.75) is 72.4 Å². The molecule has 0 saturated carbocycles.